The van der Waals surface area contributed by atoms with Crippen molar-refractivity contribution in [3.63, 3.8) is 0 Å². The molecule has 2 aromatic heterocycles. The lowest BCUT2D eigenvalue weighted by Crippen LogP contribution is -2.21. The zero-order valence-corrected chi connectivity index (χ0v) is 11.9. The van der Waals surface area contributed by atoms with Gasteiger partial charge in [0, 0.05) is 5.38 Å². The molecule has 0 radical (unpaired) electrons. The lowest BCUT2D eigenvalue weighted by atomic mass is 10.2. The van der Waals surface area contributed by atoms with E-state index in [-0.39, 0.29) is 6.04 Å². The summed E-state index contributed by atoms with van der Waals surface area (Å²) in [6.45, 7) is 7.29. The predicted molar refractivity (Wildman–Crippen MR) is 73.7 cm³/mol. The van der Waals surface area contributed by atoms with Gasteiger partial charge in [0.2, 0.25) is 11.8 Å². The quantitative estimate of drug-likeness (QED) is 0.867. The summed E-state index contributed by atoms with van der Waals surface area (Å²) in [6.07, 6.45) is 2.05. The Bertz CT molecular complexity index is 492. The van der Waals surface area contributed by atoms with Gasteiger partial charge in [-0.2, -0.15) is 11.3 Å². The second-order valence-corrected chi connectivity index (χ2v) is 5.07. The van der Waals surface area contributed by atoms with E-state index >= 15 is 0 Å². The summed E-state index contributed by atoms with van der Waals surface area (Å²) in [7, 11) is 0. The number of aryl methyl sites for hydroxylation is 1. The third-order valence-electron chi connectivity index (χ3n) is 2.87. The summed E-state index contributed by atoms with van der Waals surface area (Å²) >= 11 is 1.65. The third kappa shape index (κ3) is 2.79. The van der Waals surface area contributed by atoms with Crippen molar-refractivity contribution in [2.45, 2.75) is 39.7 Å². The molecule has 1 unspecified atom stereocenters. The molecule has 0 aliphatic carbocycles. The largest absolute Gasteiger partial charge is 0.419 e. The van der Waals surface area contributed by atoms with Crippen LogP contribution in [-0.4, -0.2) is 16.7 Å². The molecule has 2 rings (SSSR count). The second kappa shape index (κ2) is 6.11. The van der Waals surface area contributed by atoms with E-state index in [9.17, 15) is 0 Å². The highest BCUT2D eigenvalue weighted by atomic mass is 32.1. The Morgan fingerprint density at radius 1 is 1.33 bits per heavy atom. The van der Waals surface area contributed by atoms with Crippen LogP contribution in [0.25, 0.3) is 11.5 Å². The van der Waals surface area contributed by atoms with Crippen LogP contribution in [0.2, 0.25) is 0 Å². The number of aromatic nitrogens is 2. The van der Waals surface area contributed by atoms with Crippen LogP contribution in [0, 0.1) is 6.92 Å². The molecule has 0 aliphatic heterocycles. The van der Waals surface area contributed by atoms with Crippen molar-refractivity contribution in [2.24, 2.45) is 0 Å². The minimum Gasteiger partial charge on any atom is -0.419 e. The Morgan fingerprint density at radius 2 is 2.17 bits per heavy atom. The molecule has 18 heavy (non-hydrogen) atoms. The van der Waals surface area contributed by atoms with Crippen LogP contribution in [0.15, 0.2) is 15.2 Å². The molecular formula is C13H19N3OS. The highest BCUT2D eigenvalue weighted by molar-refractivity contribution is 7.08. The lowest BCUT2D eigenvalue weighted by Gasteiger charge is -2.11. The van der Waals surface area contributed by atoms with E-state index in [1.807, 2.05) is 5.38 Å². The Kier molecular flexibility index (Phi) is 4.49. The van der Waals surface area contributed by atoms with Crippen LogP contribution in [-0.2, 0) is 0 Å². The summed E-state index contributed by atoms with van der Waals surface area (Å²) in [6, 6.07) is 0.158. The Balaban J connectivity index is 2.16. The van der Waals surface area contributed by atoms with Gasteiger partial charge in [-0.3, -0.25) is 0 Å². The summed E-state index contributed by atoms with van der Waals surface area (Å²) in [5.41, 5.74) is 2.23. The van der Waals surface area contributed by atoms with Gasteiger partial charge in [-0.25, -0.2) is 0 Å². The highest BCUT2D eigenvalue weighted by Crippen LogP contribution is 2.27. The number of nitrogens with one attached hydrogen (secondary N) is 1. The van der Waals surface area contributed by atoms with Crippen molar-refractivity contribution < 1.29 is 4.42 Å². The number of nitrogens with zero attached hydrogens (tertiary/aromatic N) is 2. The van der Waals surface area contributed by atoms with E-state index in [0.29, 0.717) is 11.8 Å². The number of rotatable bonds is 6. The van der Waals surface area contributed by atoms with Crippen LogP contribution in [0.5, 0.6) is 0 Å². The predicted octanol–water partition coefficient (Wildman–Crippen LogP) is 3.56. The van der Waals surface area contributed by atoms with Gasteiger partial charge in [-0.1, -0.05) is 13.8 Å². The standard InChI is InChI=1S/C13H19N3OS/c1-4-6-14-11(5-2)13-16-15-12(17-13)10-8-18-7-9(10)3/h7-8,11,14H,4-6H2,1-3H3. The van der Waals surface area contributed by atoms with Gasteiger partial charge in [-0.15, -0.1) is 10.2 Å². The zero-order valence-electron chi connectivity index (χ0n) is 11.1. The van der Waals surface area contributed by atoms with Gasteiger partial charge >= 0.3 is 0 Å². The van der Waals surface area contributed by atoms with E-state index in [4.69, 9.17) is 4.42 Å². The first-order valence-electron chi connectivity index (χ1n) is 6.36. The van der Waals surface area contributed by atoms with Gasteiger partial charge < -0.3 is 9.73 Å². The molecule has 0 saturated heterocycles. The van der Waals surface area contributed by atoms with Crippen molar-refractivity contribution in [2.75, 3.05) is 6.54 Å². The van der Waals surface area contributed by atoms with Gasteiger partial charge in [-0.05, 0) is 37.3 Å². The van der Waals surface area contributed by atoms with E-state index in [1.165, 1.54) is 5.56 Å². The topological polar surface area (TPSA) is 51.0 Å². The first-order valence-corrected chi connectivity index (χ1v) is 7.30. The molecule has 0 aliphatic rings. The van der Waals surface area contributed by atoms with Gasteiger partial charge in [0.1, 0.15) is 0 Å². The smallest absolute Gasteiger partial charge is 0.248 e. The molecule has 0 aromatic carbocycles. The normalized spacial score (nSPS) is 12.8. The SMILES string of the molecule is CCCNC(CC)c1nnc(-c2cscc2C)o1. The Morgan fingerprint density at radius 3 is 2.78 bits per heavy atom. The molecule has 0 fully saturated rings. The fourth-order valence-electron chi connectivity index (χ4n) is 1.79. The monoisotopic (exact) mass is 265 g/mol. The van der Waals surface area contributed by atoms with Crippen LogP contribution in [0.1, 0.15) is 44.2 Å². The van der Waals surface area contributed by atoms with Crippen LogP contribution in [0.3, 0.4) is 0 Å². The average Bonchev–Trinajstić information content (AvgIpc) is 2.99. The molecule has 0 amide bonds. The molecule has 2 aromatic rings. The summed E-state index contributed by atoms with van der Waals surface area (Å²) in [5.74, 6) is 1.31. The van der Waals surface area contributed by atoms with Crippen LogP contribution in [0.4, 0.5) is 0 Å². The van der Waals surface area contributed by atoms with Crippen molar-refractivity contribution in [3.05, 3.63) is 22.2 Å². The van der Waals surface area contributed by atoms with E-state index in [2.05, 4.69) is 41.7 Å². The molecular weight excluding hydrogens is 246 g/mol. The number of hydrogen-bond donors (Lipinski definition) is 1. The van der Waals surface area contributed by atoms with E-state index < -0.39 is 0 Å². The number of thiophene rings is 1. The minimum absolute atomic E-state index is 0.158. The van der Waals surface area contributed by atoms with Crippen molar-refractivity contribution in [1.82, 2.24) is 15.5 Å². The van der Waals surface area contributed by atoms with E-state index in [0.717, 1.165) is 24.9 Å². The maximum absolute atomic E-state index is 5.78. The summed E-state index contributed by atoms with van der Waals surface area (Å²) in [4.78, 5) is 0. The van der Waals surface area contributed by atoms with Gasteiger partial charge in [0.05, 0.1) is 11.6 Å². The molecule has 98 valence electrons. The molecule has 0 spiro atoms. The average molecular weight is 265 g/mol. The minimum atomic E-state index is 0.158. The molecule has 2 heterocycles. The zero-order chi connectivity index (χ0) is 13.0. The first kappa shape index (κ1) is 13.2. The molecule has 0 saturated carbocycles. The molecule has 0 bridgehead atoms. The van der Waals surface area contributed by atoms with Crippen LogP contribution >= 0.6 is 11.3 Å². The number of hydrogen-bond acceptors (Lipinski definition) is 5. The van der Waals surface area contributed by atoms with E-state index in [1.54, 1.807) is 11.3 Å². The van der Waals surface area contributed by atoms with Gasteiger partial charge in [0.15, 0.2) is 0 Å². The Hall–Kier alpha value is -1.20. The maximum Gasteiger partial charge on any atom is 0.248 e. The first-order chi connectivity index (χ1) is 8.76. The second-order valence-electron chi connectivity index (χ2n) is 4.33. The highest BCUT2D eigenvalue weighted by Gasteiger charge is 2.17. The van der Waals surface area contributed by atoms with Crippen molar-refractivity contribution >= 4 is 11.3 Å². The summed E-state index contributed by atoms with van der Waals surface area (Å²) < 4.78 is 5.78. The fraction of sp³-hybridized carbons (Fsp3) is 0.538. The third-order valence-corrected chi connectivity index (χ3v) is 3.74. The van der Waals surface area contributed by atoms with Crippen molar-refractivity contribution in [3.8, 4) is 11.5 Å². The molecule has 4 nitrogen and oxygen atoms in total. The van der Waals surface area contributed by atoms with Crippen LogP contribution < -0.4 is 5.32 Å². The molecule has 5 heteroatoms. The van der Waals surface area contributed by atoms with Crippen molar-refractivity contribution in [1.29, 1.82) is 0 Å². The van der Waals surface area contributed by atoms with Gasteiger partial charge in [0.25, 0.3) is 0 Å². The fourth-order valence-corrected chi connectivity index (χ4v) is 2.61. The molecule has 1 atom stereocenters. The summed E-state index contributed by atoms with van der Waals surface area (Å²) in [5, 5.41) is 15.9. The lowest BCUT2D eigenvalue weighted by molar-refractivity contribution is 0.396. The molecule has 1 N–H and O–H groups in total. The maximum atomic E-state index is 5.78. The Labute approximate surface area is 111 Å².